The molecule has 2 heterocycles. The minimum Gasteiger partial charge on any atom is -0.369 e. The molecule has 22 heavy (non-hydrogen) atoms. The maximum absolute atomic E-state index is 12.1. The van der Waals surface area contributed by atoms with Crippen molar-refractivity contribution in [2.45, 2.75) is 43.7 Å². The van der Waals surface area contributed by atoms with E-state index >= 15 is 0 Å². The minimum atomic E-state index is -0.0862. The van der Waals surface area contributed by atoms with Crippen molar-refractivity contribution in [1.82, 2.24) is 15.1 Å². The third-order valence-electron chi connectivity index (χ3n) is 5.98. The zero-order valence-electron chi connectivity index (χ0n) is 13.7. The number of morpholine rings is 1. The Bertz CT molecular complexity index is 428. The Morgan fingerprint density at radius 1 is 1.14 bits per heavy atom. The van der Waals surface area contributed by atoms with E-state index in [1.54, 1.807) is 7.05 Å². The van der Waals surface area contributed by atoms with Crippen LogP contribution < -0.4 is 5.32 Å². The van der Waals surface area contributed by atoms with Gasteiger partial charge in [-0.05, 0) is 37.5 Å². The molecular weight excluding hydrogens is 278 g/mol. The fourth-order valence-electron chi connectivity index (χ4n) is 4.25. The van der Waals surface area contributed by atoms with E-state index in [2.05, 4.69) is 15.1 Å². The molecule has 0 aromatic carbocycles. The van der Waals surface area contributed by atoms with Crippen molar-refractivity contribution in [3.05, 3.63) is 0 Å². The van der Waals surface area contributed by atoms with Gasteiger partial charge in [0.2, 0.25) is 5.91 Å². The first-order valence-corrected chi connectivity index (χ1v) is 8.99. The van der Waals surface area contributed by atoms with E-state index in [9.17, 15) is 4.79 Å². The molecule has 0 aromatic heterocycles. The van der Waals surface area contributed by atoms with Crippen molar-refractivity contribution < 1.29 is 9.53 Å². The number of amides is 1. The van der Waals surface area contributed by atoms with E-state index in [4.69, 9.17) is 4.74 Å². The first-order chi connectivity index (χ1) is 10.7. The maximum Gasteiger partial charge on any atom is 0.239 e. The third kappa shape index (κ3) is 2.91. The van der Waals surface area contributed by atoms with Crippen LogP contribution in [0.15, 0.2) is 0 Å². The average Bonchev–Trinajstić information content (AvgIpc) is 3.24. The van der Waals surface area contributed by atoms with Gasteiger partial charge in [-0.15, -0.1) is 0 Å². The van der Waals surface area contributed by atoms with E-state index in [0.717, 1.165) is 38.0 Å². The number of nitrogens with one attached hydrogen (secondary N) is 1. The molecule has 1 atom stereocenters. The van der Waals surface area contributed by atoms with E-state index < -0.39 is 0 Å². The second-order valence-corrected chi connectivity index (χ2v) is 7.96. The quantitative estimate of drug-likeness (QED) is 0.812. The highest BCUT2D eigenvalue weighted by Gasteiger charge is 2.51. The SMILES string of the molecule is CNC(=O)[C@H]1COC2(CN(CC3CCC3)C2)CN1CC1CC1. The van der Waals surface area contributed by atoms with Crippen LogP contribution in [0.5, 0.6) is 0 Å². The van der Waals surface area contributed by atoms with Gasteiger partial charge in [-0.3, -0.25) is 14.6 Å². The number of carbonyl (C=O) groups is 1. The lowest BCUT2D eigenvalue weighted by Gasteiger charge is -2.56. The van der Waals surface area contributed by atoms with Crippen LogP contribution in [0.2, 0.25) is 0 Å². The summed E-state index contributed by atoms with van der Waals surface area (Å²) in [5, 5.41) is 2.80. The van der Waals surface area contributed by atoms with Gasteiger partial charge in [0.05, 0.1) is 6.61 Å². The van der Waals surface area contributed by atoms with Crippen molar-refractivity contribution in [2.24, 2.45) is 11.8 Å². The molecule has 124 valence electrons. The van der Waals surface area contributed by atoms with Crippen LogP contribution in [-0.2, 0) is 9.53 Å². The molecule has 2 aliphatic carbocycles. The standard InChI is InChI=1S/C17H29N3O2/c1-18-16(21)15-9-22-17(12-20(15)8-14-5-6-14)10-19(11-17)7-13-3-2-4-13/h13-15H,2-12H2,1H3,(H,18,21)/t15-/m1/s1. The predicted octanol–water partition coefficient (Wildman–Crippen LogP) is 0.698. The van der Waals surface area contributed by atoms with Crippen LogP contribution in [0.25, 0.3) is 0 Å². The van der Waals surface area contributed by atoms with Crippen molar-refractivity contribution in [2.75, 3.05) is 46.4 Å². The van der Waals surface area contributed by atoms with Gasteiger partial charge in [0.15, 0.2) is 0 Å². The van der Waals surface area contributed by atoms with Crippen LogP contribution >= 0.6 is 0 Å². The summed E-state index contributed by atoms with van der Waals surface area (Å²) in [7, 11) is 1.73. The highest BCUT2D eigenvalue weighted by Crippen LogP contribution is 2.37. The number of hydrogen-bond acceptors (Lipinski definition) is 4. The second kappa shape index (κ2) is 5.77. The lowest BCUT2D eigenvalue weighted by molar-refractivity contribution is -0.203. The Morgan fingerprint density at radius 3 is 2.45 bits per heavy atom. The number of ether oxygens (including phenoxy) is 1. The molecule has 2 saturated heterocycles. The summed E-state index contributed by atoms with van der Waals surface area (Å²) in [6, 6.07) is -0.0862. The highest BCUT2D eigenvalue weighted by molar-refractivity contribution is 5.81. The first kappa shape index (κ1) is 14.9. The molecule has 0 unspecified atom stereocenters. The van der Waals surface area contributed by atoms with Crippen LogP contribution in [0, 0.1) is 11.8 Å². The van der Waals surface area contributed by atoms with Crippen LogP contribution in [0.4, 0.5) is 0 Å². The molecule has 1 spiro atoms. The molecule has 4 aliphatic rings. The average molecular weight is 307 g/mol. The summed E-state index contributed by atoms with van der Waals surface area (Å²) in [6.07, 6.45) is 6.91. The number of carbonyl (C=O) groups excluding carboxylic acids is 1. The van der Waals surface area contributed by atoms with Crippen molar-refractivity contribution >= 4 is 5.91 Å². The molecule has 0 radical (unpaired) electrons. The largest absolute Gasteiger partial charge is 0.369 e. The van der Waals surface area contributed by atoms with E-state index in [1.807, 2.05) is 0 Å². The Morgan fingerprint density at radius 2 is 1.86 bits per heavy atom. The summed E-state index contributed by atoms with van der Waals surface area (Å²) in [6.45, 7) is 5.95. The van der Waals surface area contributed by atoms with Gasteiger partial charge in [-0.1, -0.05) is 6.42 Å². The normalized spacial score (nSPS) is 32.5. The molecule has 5 nitrogen and oxygen atoms in total. The summed E-state index contributed by atoms with van der Waals surface area (Å²) in [4.78, 5) is 17.1. The molecule has 5 heteroatoms. The molecule has 0 aromatic rings. The summed E-state index contributed by atoms with van der Waals surface area (Å²) in [5.41, 5.74) is 0.00313. The lowest BCUT2D eigenvalue weighted by atomic mass is 9.82. The van der Waals surface area contributed by atoms with Gasteiger partial charge in [0.25, 0.3) is 0 Å². The highest BCUT2D eigenvalue weighted by atomic mass is 16.5. The van der Waals surface area contributed by atoms with E-state index in [1.165, 1.54) is 38.6 Å². The maximum atomic E-state index is 12.1. The van der Waals surface area contributed by atoms with Gasteiger partial charge in [0.1, 0.15) is 11.6 Å². The first-order valence-electron chi connectivity index (χ1n) is 8.99. The molecular formula is C17H29N3O2. The molecule has 4 rings (SSSR count). The Kier molecular flexibility index (Phi) is 3.91. The molecule has 1 N–H and O–H groups in total. The third-order valence-corrected chi connectivity index (χ3v) is 5.98. The molecule has 2 aliphatic heterocycles. The summed E-state index contributed by atoms with van der Waals surface area (Å²) >= 11 is 0. The number of rotatable bonds is 5. The molecule has 1 amide bonds. The molecule has 4 fully saturated rings. The smallest absolute Gasteiger partial charge is 0.239 e. The van der Waals surface area contributed by atoms with Crippen LogP contribution in [0.3, 0.4) is 0 Å². The van der Waals surface area contributed by atoms with Gasteiger partial charge in [0, 0.05) is 39.8 Å². The molecule has 0 bridgehead atoms. The molecule has 2 saturated carbocycles. The zero-order valence-corrected chi connectivity index (χ0v) is 13.7. The van der Waals surface area contributed by atoms with Gasteiger partial charge in [-0.25, -0.2) is 0 Å². The van der Waals surface area contributed by atoms with Crippen LogP contribution in [0.1, 0.15) is 32.1 Å². The summed E-state index contributed by atoms with van der Waals surface area (Å²) < 4.78 is 6.19. The van der Waals surface area contributed by atoms with Gasteiger partial charge in [-0.2, -0.15) is 0 Å². The Hall–Kier alpha value is -0.650. The van der Waals surface area contributed by atoms with Crippen molar-refractivity contribution in [3.8, 4) is 0 Å². The summed E-state index contributed by atoms with van der Waals surface area (Å²) in [5.74, 6) is 1.86. The Labute approximate surface area is 133 Å². The van der Waals surface area contributed by atoms with Crippen molar-refractivity contribution in [3.63, 3.8) is 0 Å². The second-order valence-electron chi connectivity index (χ2n) is 7.96. The van der Waals surface area contributed by atoms with Gasteiger partial charge < -0.3 is 10.1 Å². The fraction of sp³-hybridized carbons (Fsp3) is 0.941. The monoisotopic (exact) mass is 307 g/mol. The van der Waals surface area contributed by atoms with Crippen LogP contribution in [-0.4, -0.2) is 73.7 Å². The van der Waals surface area contributed by atoms with E-state index in [-0.39, 0.29) is 17.6 Å². The predicted molar refractivity (Wildman–Crippen MR) is 84.6 cm³/mol. The number of likely N-dealkylation sites (N-methyl/N-ethyl adjacent to an activating group) is 1. The number of nitrogens with zero attached hydrogens (tertiary/aromatic N) is 2. The zero-order chi connectivity index (χ0) is 15.2. The van der Waals surface area contributed by atoms with Gasteiger partial charge >= 0.3 is 0 Å². The lowest BCUT2D eigenvalue weighted by Crippen LogP contribution is -2.73. The van der Waals surface area contributed by atoms with Crippen molar-refractivity contribution in [1.29, 1.82) is 0 Å². The Balaban J connectivity index is 1.34. The van der Waals surface area contributed by atoms with E-state index in [0.29, 0.717) is 6.61 Å². The topological polar surface area (TPSA) is 44.8 Å². The minimum absolute atomic E-state index is 0.00313. The number of hydrogen-bond donors (Lipinski definition) is 1. The number of likely N-dealkylation sites (tertiary alicyclic amines) is 1. The fourth-order valence-corrected chi connectivity index (χ4v) is 4.25.